The summed E-state index contributed by atoms with van der Waals surface area (Å²) in [5, 5.41) is 2.83. The molecule has 0 radical (unpaired) electrons. The summed E-state index contributed by atoms with van der Waals surface area (Å²) in [5.74, 6) is -0.712. The van der Waals surface area contributed by atoms with Crippen molar-refractivity contribution in [3.63, 3.8) is 0 Å². The summed E-state index contributed by atoms with van der Waals surface area (Å²) in [6.45, 7) is 3.77. The second kappa shape index (κ2) is 5.17. The molecule has 0 spiro atoms. The molecule has 1 aliphatic rings. The van der Waals surface area contributed by atoms with Gasteiger partial charge < -0.3 is 5.32 Å². The number of amides is 3. The third kappa shape index (κ3) is 2.71. The quantitative estimate of drug-likeness (QED) is 0.867. The van der Waals surface area contributed by atoms with Gasteiger partial charge in [0.25, 0.3) is 5.91 Å². The number of carbonyl (C=O) groups excluding carboxylic acids is 2. The van der Waals surface area contributed by atoms with Crippen LogP contribution < -0.4 is 5.32 Å². The minimum Gasteiger partial charge on any atom is -0.326 e. The highest BCUT2D eigenvalue weighted by atomic mass is 35.5. The summed E-state index contributed by atoms with van der Waals surface area (Å²) in [5.41, 5.74) is 0.538. The molecular formula is C13H14ClFN2O2. The van der Waals surface area contributed by atoms with Gasteiger partial charge in [-0.05, 0) is 23.6 Å². The third-order valence-electron chi connectivity index (χ3n) is 3.07. The van der Waals surface area contributed by atoms with Crippen molar-refractivity contribution >= 4 is 23.5 Å². The van der Waals surface area contributed by atoms with E-state index in [9.17, 15) is 14.0 Å². The average Bonchev–Trinajstić information content (AvgIpc) is 2.60. The number of imide groups is 1. The molecule has 1 atom stereocenters. The monoisotopic (exact) mass is 284 g/mol. The first kappa shape index (κ1) is 13.8. The molecule has 0 aliphatic carbocycles. The molecule has 2 rings (SSSR count). The van der Waals surface area contributed by atoms with E-state index in [0.29, 0.717) is 5.56 Å². The first-order valence-electron chi connectivity index (χ1n) is 5.96. The molecular weight excluding hydrogens is 271 g/mol. The minimum absolute atomic E-state index is 0.0186. The van der Waals surface area contributed by atoms with Crippen LogP contribution >= 0.6 is 11.6 Å². The number of carbonyl (C=O) groups is 2. The number of hydrogen-bond donors (Lipinski definition) is 1. The van der Waals surface area contributed by atoms with E-state index in [-0.39, 0.29) is 23.4 Å². The van der Waals surface area contributed by atoms with Crippen molar-refractivity contribution in [2.75, 3.05) is 0 Å². The topological polar surface area (TPSA) is 49.4 Å². The summed E-state index contributed by atoms with van der Waals surface area (Å²) in [6.07, 6.45) is 0. The van der Waals surface area contributed by atoms with Crippen LogP contribution in [-0.2, 0) is 11.3 Å². The molecule has 0 bridgehead atoms. The van der Waals surface area contributed by atoms with Gasteiger partial charge >= 0.3 is 6.03 Å². The fraction of sp³-hybridized carbons (Fsp3) is 0.385. The van der Waals surface area contributed by atoms with Gasteiger partial charge in [0, 0.05) is 5.02 Å². The van der Waals surface area contributed by atoms with Crippen molar-refractivity contribution in [2.45, 2.75) is 26.4 Å². The van der Waals surface area contributed by atoms with Gasteiger partial charge in [0.2, 0.25) is 0 Å². The number of urea groups is 1. The number of nitrogens with zero attached hydrogens (tertiary/aromatic N) is 1. The predicted molar refractivity (Wildman–Crippen MR) is 69.1 cm³/mol. The molecule has 1 aromatic rings. The van der Waals surface area contributed by atoms with Crippen LogP contribution in [0.15, 0.2) is 18.2 Å². The highest BCUT2D eigenvalue weighted by molar-refractivity contribution is 6.31. The Morgan fingerprint density at radius 2 is 2.11 bits per heavy atom. The molecule has 1 unspecified atom stereocenters. The van der Waals surface area contributed by atoms with Crippen LogP contribution in [0.25, 0.3) is 0 Å². The summed E-state index contributed by atoms with van der Waals surface area (Å²) >= 11 is 5.89. The van der Waals surface area contributed by atoms with Crippen LogP contribution in [0, 0.1) is 11.7 Å². The Morgan fingerprint density at radius 3 is 2.63 bits per heavy atom. The van der Waals surface area contributed by atoms with Gasteiger partial charge in [-0.15, -0.1) is 0 Å². The number of rotatable bonds is 3. The lowest BCUT2D eigenvalue weighted by atomic mass is 10.0. The van der Waals surface area contributed by atoms with Crippen molar-refractivity contribution in [3.05, 3.63) is 34.6 Å². The summed E-state index contributed by atoms with van der Waals surface area (Å²) in [6, 6.07) is 2.94. The number of halogens is 2. The largest absolute Gasteiger partial charge is 0.326 e. The fourth-order valence-electron chi connectivity index (χ4n) is 1.96. The summed E-state index contributed by atoms with van der Waals surface area (Å²) in [7, 11) is 0. The molecule has 1 saturated heterocycles. The van der Waals surface area contributed by atoms with Crippen molar-refractivity contribution in [2.24, 2.45) is 5.92 Å². The third-order valence-corrected chi connectivity index (χ3v) is 3.42. The number of hydrogen-bond acceptors (Lipinski definition) is 2. The Labute approximate surface area is 115 Å². The first-order valence-corrected chi connectivity index (χ1v) is 6.33. The molecule has 1 N–H and O–H groups in total. The molecule has 1 heterocycles. The lowest BCUT2D eigenvalue weighted by molar-refractivity contribution is -0.128. The molecule has 6 heteroatoms. The maximum absolute atomic E-state index is 12.9. The van der Waals surface area contributed by atoms with Gasteiger partial charge in [-0.2, -0.15) is 0 Å². The molecule has 4 nitrogen and oxygen atoms in total. The predicted octanol–water partition coefficient (Wildman–Crippen LogP) is 2.56. The second-order valence-electron chi connectivity index (χ2n) is 4.83. The van der Waals surface area contributed by atoms with Gasteiger partial charge in [-0.1, -0.05) is 31.5 Å². The van der Waals surface area contributed by atoms with E-state index in [4.69, 9.17) is 11.6 Å². The van der Waals surface area contributed by atoms with Crippen LogP contribution in [0.1, 0.15) is 19.4 Å². The van der Waals surface area contributed by atoms with Gasteiger partial charge in [0.15, 0.2) is 0 Å². The standard InChI is InChI=1S/C13H14ClFN2O2/c1-7(2)11-12(18)17(13(19)16-11)6-8-3-4-9(15)5-10(8)14/h3-5,7,11H,6H2,1-2H3,(H,16,19). The lowest BCUT2D eigenvalue weighted by Crippen LogP contribution is -2.34. The summed E-state index contributed by atoms with van der Waals surface area (Å²) in [4.78, 5) is 24.9. The van der Waals surface area contributed by atoms with Crippen LogP contribution in [0.3, 0.4) is 0 Å². The normalized spacial score (nSPS) is 19.2. The Hall–Kier alpha value is -1.62. The minimum atomic E-state index is -0.508. The first-order chi connectivity index (χ1) is 8.90. The Balaban J connectivity index is 2.19. The van der Waals surface area contributed by atoms with Crippen molar-refractivity contribution in [1.29, 1.82) is 0 Å². The SMILES string of the molecule is CC(C)C1NC(=O)N(Cc2ccc(F)cc2Cl)C1=O. The van der Waals surface area contributed by atoms with E-state index >= 15 is 0 Å². The van der Waals surface area contributed by atoms with Crippen LogP contribution in [0.5, 0.6) is 0 Å². The van der Waals surface area contributed by atoms with Crippen molar-refractivity contribution in [1.82, 2.24) is 10.2 Å². The van der Waals surface area contributed by atoms with E-state index in [2.05, 4.69) is 5.32 Å². The fourth-order valence-corrected chi connectivity index (χ4v) is 2.19. The molecule has 0 saturated carbocycles. The molecule has 1 aliphatic heterocycles. The van der Waals surface area contributed by atoms with E-state index in [1.54, 1.807) is 0 Å². The van der Waals surface area contributed by atoms with Gasteiger partial charge in [0.1, 0.15) is 11.9 Å². The van der Waals surface area contributed by atoms with Crippen LogP contribution in [-0.4, -0.2) is 22.9 Å². The van der Waals surface area contributed by atoms with Crippen LogP contribution in [0.2, 0.25) is 5.02 Å². The second-order valence-corrected chi connectivity index (χ2v) is 5.24. The van der Waals surface area contributed by atoms with Crippen molar-refractivity contribution in [3.8, 4) is 0 Å². The average molecular weight is 285 g/mol. The number of nitrogens with one attached hydrogen (secondary N) is 1. The molecule has 0 aromatic heterocycles. The van der Waals surface area contributed by atoms with E-state index in [1.807, 2.05) is 13.8 Å². The van der Waals surface area contributed by atoms with E-state index < -0.39 is 17.9 Å². The maximum atomic E-state index is 12.9. The van der Waals surface area contributed by atoms with Gasteiger partial charge in [-0.3, -0.25) is 9.69 Å². The van der Waals surface area contributed by atoms with Gasteiger partial charge in [0.05, 0.1) is 6.54 Å². The highest BCUT2D eigenvalue weighted by Crippen LogP contribution is 2.22. The molecule has 3 amide bonds. The maximum Gasteiger partial charge on any atom is 0.325 e. The zero-order valence-corrected chi connectivity index (χ0v) is 11.4. The molecule has 1 fully saturated rings. The van der Waals surface area contributed by atoms with E-state index in [0.717, 1.165) is 11.0 Å². The molecule has 1 aromatic carbocycles. The van der Waals surface area contributed by atoms with E-state index in [1.165, 1.54) is 12.1 Å². The Kier molecular flexibility index (Phi) is 3.75. The summed E-state index contributed by atoms with van der Waals surface area (Å²) < 4.78 is 12.9. The van der Waals surface area contributed by atoms with Crippen LogP contribution in [0.4, 0.5) is 9.18 Å². The zero-order valence-electron chi connectivity index (χ0n) is 10.6. The van der Waals surface area contributed by atoms with Gasteiger partial charge in [-0.25, -0.2) is 9.18 Å². The molecule has 102 valence electrons. The Morgan fingerprint density at radius 1 is 1.42 bits per heavy atom. The highest BCUT2D eigenvalue weighted by Gasteiger charge is 2.39. The molecule has 19 heavy (non-hydrogen) atoms. The Bertz CT molecular complexity index is 533. The van der Waals surface area contributed by atoms with Crippen molar-refractivity contribution < 1.29 is 14.0 Å². The smallest absolute Gasteiger partial charge is 0.325 e. The zero-order chi connectivity index (χ0) is 14.2. The number of benzene rings is 1. The lowest BCUT2D eigenvalue weighted by Gasteiger charge is -2.15.